The van der Waals surface area contributed by atoms with Crippen LogP contribution in [-0.2, 0) is 4.74 Å². The molecule has 1 N–H and O–H groups in total. The van der Waals surface area contributed by atoms with E-state index in [9.17, 15) is 4.79 Å². The molecule has 0 atom stereocenters. The van der Waals surface area contributed by atoms with E-state index in [0.717, 1.165) is 49.2 Å². The van der Waals surface area contributed by atoms with Crippen LogP contribution in [0.25, 0.3) is 6.08 Å². The highest BCUT2D eigenvalue weighted by atomic mass is 79.9. The number of halogens is 1. The molecule has 0 aromatic heterocycles. The predicted molar refractivity (Wildman–Crippen MR) is 123 cm³/mol. The molecule has 0 radical (unpaired) electrons. The highest BCUT2D eigenvalue weighted by Crippen LogP contribution is 2.35. The lowest BCUT2D eigenvalue weighted by Crippen LogP contribution is -2.36. The van der Waals surface area contributed by atoms with E-state index in [0.29, 0.717) is 5.56 Å². The third-order valence-electron chi connectivity index (χ3n) is 5.24. The van der Waals surface area contributed by atoms with Crippen LogP contribution < -0.4 is 5.43 Å². The van der Waals surface area contributed by atoms with Crippen molar-refractivity contribution in [1.82, 2.24) is 10.3 Å². The molecule has 30 heavy (non-hydrogen) atoms. The summed E-state index contributed by atoms with van der Waals surface area (Å²) in [6.07, 6.45) is 5.91. The topological polar surface area (TPSA) is 53.9 Å². The molecule has 4 rings (SSSR count). The summed E-state index contributed by atoms with van der Waals surface area (Å²) in [5.41, 5.74) is 8.09. The standard InChI is InChI=1S/C24H24BrN3O2/c25-22-9-5-4-8-21(22)24(29)27-26-17-20-11-10-19(16-18-6-2-1-3-7-18)23(20)28-12-14-30-15-13-28/h1-9,16-17H,10-15H2,(H,27,29). The Morgan fingerprint density at radius 3 is 2.53 bits per heavy atom. The van der Waals surface area contributed by atoms with Crippen LogP contribution in [0, 0.1) is 0 Å². The van der Waals surface area contributed by atoms with Crippen LogP contribution in [0.2, 0.25) is 0 Å². The molecular weight excluding hydrogens is 442 g/mol. The second-order valence-electron chi connectivity index (χ2n) is 7.23. The molecule has 0 unspecified atom stereocenters. The van der Waals surface area contributed by atoms with E-state index in [2.05, 4.69) is 61.7 Å². The Labute approximate surface area is 185 Å². The minimum absolute atomic E-state index is 0.231. The molecule has 1 amide bonds. The van der Waals surface area contributed by atoms with Crippen molar-refractivity contribution in [3.05, 3.63) is 87.0 Å². The lowest BCUT2D eigenvalue weighted by molar-refractivity contribution is 0.0548. The third-order valence-corrected chi connectivity index (χ3v) is 5.94. The zero-order valence-corrected chi connectivity index (χ0v) is 18.3. The van der Waals surface area contributed by atoms with Gasteiger partial charge in [-0.25, -0.2) is 5.43 Å². The van der Waals surface area contributed by atoms with Crippen molar-refractivity contribution in [2.75, 3.05) is 26.3 Å². The van der Waals surface area contributed by atoms with Crippen molar-refractivity contribution in [1.29, 1.82) is 0 Å². The van der Waals surface area contributed by atoms with Crippen LogP contribution in [0.4, 0.5) is 0 Å². The summed E-state index contributed by atoms with van der Waals surface area (Å²) in [6, 6.07) is 17.7. The fourth-order valence-electron chi connectivity index (χ4n) is 3.80. The van der Waals surface area contributed by atoms with Gasteiger partial charge in [0, 0.05) is 23.3 Å². The van der Waals surface area contributed by atoms with Gasteiger partial charge in [0.25, 0.3) is 5.91 Å². The Morgan fingerprint density at radius 1 is 1.03 bits per heavy atom. The van der Waals surface area contributed by atoms with Gasteiger partial charge < -0.3 is 9.64 Å². The van der Waals surface area contributed by atoms with Crippen LogP contribution in [0.5, 0.6) is 0 Å². The predicted octanol–water partition coefficient (Wildman–Crippen LogP) is 4.63. The smallest absolute Gasteiger partial charge is 0.272 e. The molecule has 1 fully saturated rings. The Kier molecular flexibility index (Phi) is 6.77. The largest absolute Gasteiger partial charge is 0.378 e. The number of hydrogen-bond donors (Lipinski definition) is 1. The fourth-order valence-corrected chi connectivity index (χ4v) is 4.26. The summed E-state index contributed by atoms with van der Waals surface area (Å²) < 4.78 is 6.29. The first kappa shape index (κ1) is 20.6. The number of morpholine rings is 1. The van der Waals surface area contributed by atoms with Crippen LogP contribution >= 0.6 is 15.9 Å². The first-order valence-corrected chi connectivity index (χ1v) is 10.9. The third kappa shape index (κ3) is 4.89. The summed E-state index contributed by atoms with van der Waals surface area (Å²) in [5, 5.41) is 4.27. The number of carbonyl (C=O) groups is 1. The van der Waals surface area contributed by atoms with Crippen molar-refractivity contribution < 1.29 is 9.53 Å². The van der Waals surface area contributed by atoms with Gasteiger partial charge in [-0.05, 0) is 63.7 Å². The minimum atomic E-state index is -0.231. The molecule has 1 aliphatic carbocycles. The van der Waals surface area contributed by atoms with Gasteiger partial charge in [0.2, 0.25) is 0 Å². The van der Waals surface area contributed by atoms with Crippen molar-refractivity contribution in [3.8, 4) is 0 Å². The van der Waals surface area contributed by atoms with Crippen LogP contribution in [0.15, 0.2) is 81.0 Å². The van der Waals surface area contributed by atoms with E-state index < -0.39 is 0 Å². The van der Waals surface area contributed by atoms with Crippen molar-refractivity contribution in [3.63, 3.8) is 0 Å². The highest BCUT2D eigenvalue weighted by Gasteiger charge is 2.25. The molecular formula is C24H24BrN3O2. The zero-order chi connectivity index (χ0) is 20.8. The van der Waals surface area contributed by atoms with Crippen LogP contribution in [0.3, 0.4) is 0 Å². The van der Waals surface area contributed by atoms with E-state index >= 15 is 0 Å². The number of ether oxygens (including phenoxy) is 1. The molecule has 0 bridgehead atoms. The Morgan fingerprint density at radius 2 is 1.77 bits per heavy atom. The number of amides is 1. The normalized spacial score (nSPS) is 18.4. The molecule has 2 aromatic carbocycles. The molecule has 1 saturated heterocycles. The van der Waals surface area contributed by atoms with E-state index in [1.54, 1.807) is 12.3 Å². The van der Waals surface area contributed by atoms with Gasteiger partial charge in [-0.15, -0.1) is 0 Å². The molecule has 6 heteroatoms. The molecule has 2 aromatic rings. The van der Waals surface area contributed by atoms with E-state index in [1.165, 1.54) is 16.8 Å². The summed E-state index contributed by atoms with van der Waals surface area (Å²) >= 11 is 3.41. The van der Waals surface area contributed by atoms with Crippen molar-refractivity contribution in [2.45, 2.75) is 12.8 Å². The Balaban J connectivity index is 1.57. The molecule has 1 aliphatic heterocycles. The quantitative estimate of drug-likeness (QED) is 0.517. The average molecular weight is 466 g/mol. The van der Waals surface area contributed by atoms with E-state index in [4.69, 9.17) is 4.74 Å². The lowest BCUT2D eigenvalue weighted by Gasteiger charge is -2.31. The number of rotatable bonds is 5. The number of hydrogen-bond acceptors (Lipinski definition) is 4. The lowest BCUT2D eigenvalue weighted by atomic mass is 10.1. The van der Waals surface area contributed by atoms with Gasteiger partial charge in [0.15, 0.2) is 0 Å². The molecule has 1 heterocycles. The number of carbonyl (C=O) groups excluding carboxylic acids is 1. The van der Waals surface area contributed by atoms with E-state index in [1.807, 2.05) is 24.3 Å². The van der Waals surface area contributed by atoms with Crippen LogP contribution in [0.1, 0.15) is 28.8 Å². The minimum Gasteiger partial charge on any atom is -0.378 e. The van der Waals surface area contributed by atoms with Gasteiger partial charge in [0.1, 0.15) is 0 Å². The SMILES string of the molecule is O=C(NN=CC1=C(N2CCOCC2)C(=Cc2ccccc2)CC1)c1ccccc1Br. The summed E-state index contributed by atoms with van der Waals surface area (Å²) in [7, 11) is 0. The van der Waals surface area contributed by atoms with Gasteiger partial charge in [-0.3, -0.25) is 4.79 Å². The molecule has 0 saturated carbocycles. The van der Waals surface area contributed by atoms with Gasteiger partial charge in [0.05, 0.1) is 25.0 Å². The number of nitrogens with one attached hydrogen (secondary N) is 1. The number of benzene rings is 2. The van der Waals surface area contributed by atoms with Crippen LogP contribution in [-0.4, -0.2) is 43.3 Å². The summed E-state index contributed by atoms with van der Waals surface area (Å²) in [5.74, 6) is -0.231. The maximum absolute atomic E-state index is 12.4. The average Bonchev–Trinajstić information content (AvgIpc) is 3.17. The summed E-state index contributed by atoms with van der Waals surface area (Å²) in [4.78, 5) is 14.8. The highest BCUT2D eigenvalue weighted by molar-refractivity contribution is 9.10. The fraction of sp³-hybridized carbons (Fsp3) is 0.250. The Hall–Kier alpha value is -2.70. The van der Waals surface area contributed by atoms with Gasteiger partial charge >= 0.3 is 0 Å². The Bertz CT molecular complexity index is 993. The molecule has 0 spiro atoms. The van der Waals surface area contributed by atoms with Crippen molar-refractivity contribution in [2.24, 2.45) is 5.10 Å². The van der Waals surface area contributed by atoms with Crippen molar-refractivity contribution >= 4 is 34.1 Å². The maximum atomic E-state index is 12.4. The first-order valence-electron chi connectivity index (χ1n) is 10.1. The molecule has 154 valence electrons. The molecule has 5 nitrogen and oxygen atoms in total. The monoisotopic (exact) mass is 465 g/mol. The second-order valence-corrected chi connectivity index (χ2v) is 8.09. The summed E-state index contributed by atoms with van der Waals surface area (Å²) in [6.45, 7) is 3.18. The van der Waals surface area contributed by atoms with Gasteiger partial charge in [-0.2, -0.15) is 5.10 Å². The first-order chi connectivity index (χ1) is 14.7. The van der Waals surface area contributed by atoms with Gasteiger partial charge in [-0.1, -0.05) is 42.5 Å². The second kappa shape index (κ2) is 9.87. The number of allylic oxidation sites excluding steroid dienone is 2. The van der Waals surface area contributed by atoms with E-state index in [-0.39, 0.29) is 5.91 Å². The number of nitrogens with zero attached hydrogens (tertiary/aromatic N) is 2. The maximum Gasteiger partial charge on any atom is 0.272 e. The zero-order valence-electron chi connectivity index (χ0n) is 16.7. The molecule has 2 aliphatic rings. The number of hydrazone groups is 1.